The Bertz CT molecular complexity index is 454. The molecule has 2 rings (SSSR count). The van der Waals surface area contributed by atoms with Crippen molar-refractivity contribution < 1.29 is 0 Å². The van der Waals surface area contributed by atoms with E-state index in [0.717, 1.165) is 16.7 Å². The lowest BCUT2D eigenvalue weighted by Crippen LogP contribution is -1.94. The lowest BCUT2D eigenvalue weighted by molar-refractivity contribution is 1.26. The van der Waals surface area contributed by atoms with E-state index in [-0.39, 0.29) is 0 Å². The number of benzene rings is 1. The van der Waals surface area contributed by atoms with Crippen molar-refractivity contribution in [3.05, 3.63) is 48.2 Å². The molecule has 0 saturated heterocycles. The van der Waals surface area contributed by atoms with Gasteiger partial charge in [-0.05, 0) is 22.8 Å². The third kappa shape index (κ3) is 2.10. The monoisotopic (exact) mass is 218 g/mol. The van der Waals surface area contributed by atoms with Gasteiger partial charge in [0.05, 0.1) is 0 Å². The summed E-state index contributed by atoms with van der Waals surface area (Å²) in [6.07, 6.45) is 1.73. The Morgan fingerprint density at radius 2 is 1.93 bits per heavy atom. The van der Waals surface area contributed by atoms with Crippen LogP contribution in [0.25, 0.3) is 11.1 Å². The molecular formula is C12H11ClN2. The van der Waals surface area contributed by atoms with Gasteiger partial charge in [-0.2, -0.15) is 0 Å². The van der Waals surface area contributed by atoms with Crippen molar-refractivity contribution in [1.82, 2.24) is 4.98 Å². The molecule has 0 aliphatic carbocycles. The Morgan fingerprint density at radius 3 is 2.60 bits per heavy atom. The van der Waals surface area contributed by atoms with Gasteiger partial charge in [-0.3, -0.25) is 0 Å². The van der Waals surface area contributed by atoms with Crippen LogP contribution in [0.4, 0.5) is 5.82 Å². The molecule has 1 aromatic heterocycles. The molecule has 0 fully saturated rings. The molecule has 1 heterocycles. The maximum Gasteiger partial charge on any atom is 0.123 e. The lowest BCUT2D eigenvalue weighted by atomic mass is 10.0. The number of rotatable bonds is 2. The average molecular weight is 219 g/mol. The quantitative estimate of drug-likeness (QED) is 0.787. The second-order valence-corrected chi connectivity index (χ2v) is 3.53. The Labute approximate surface area is 93.7 Å². The molecule has 0 amide bonds. The van der Waals surface area contributed by atoms with E-state index in [0.29, 0.717) is 11.7 Å². The van der Waals surface area contributed by atoms with Crippen molar-refractivity contribution in [2.24, 2.45) is 0 Å². The number of alkyl halides is 1. The van der Waals surface area contributed by atoms with Crippen molar-refractivity contribution in [1.29, 1.82) is 0 Å². The van der Waals surface area contributed by atoms with Gasteiger partial charge in [0.25, 0.3) is 0 Å². The molecule has 0 aliphatic rings. The molecular weight excluding hydrogens is 208 g/mol. The van der Waals surface area contributed by atoms with Gasteiger partial charge in [0, 0.05) is 12.1 Å². The summed E-state index contributed by atoms with van der Waals surface area (Å²) in [6.45, 7) is 0. The largest absolute Gasteiger partial charge is 0.384 e. The van der Waals surface area contributed by atoms with Crippen LogP contribution < -0.4 is 5.73 Å². The SMILES string of the molecule is Nc1cc(-c2ccccc2)c(CCl)cn1. The molecule has 0 atom stereocenters. The molecule has 3 heteroatoms. The van der Waals surface area contributed by atoms with Gasteiger partial charge in [-0.1, -0.05) is 30.3 Å². The van der Waals surface area contributed by atoms with Crippen LogP contribution in [0.15, 0.2) is 42.6 Å². The fourth-order valence-electron chi connectivity index (χ4n) is 1.49. The highest BCUT2D eigenvalue weighted by Gasteiger charge is 2.04. The highest BCUT2D eigenvalue weighted by molar-refractivity contribution is 6.17. The van der Waals surface area contributed by atoms with Gasteiger partial charge in [0.15, 0.2) is 0 Å². The molecule has 0 spiro atoms. The first-order valence-corrected chi connectivity index (χ1v) is 5.20. The van der Waals surface area contributed by atoms with Crippen LogP contribution in [0.3, 0.4) is 0 Å². The third-order valence-corrected chi connectivity index (χ3v) is 2.52. The maximum atomic E-state index is 5.85. The van der Waals surface area contributed by atoms with E-state index in [4.69, 9.17) is 17.3 Å². The minimum Gasteiger partial charge on any atom is -0.384 e. The van der Waals surface area contributed by atoms with E-state index in [1.54, 1.807) is 6.20 Å². The Balaban J connectivity index is 2.56. The number of pyridine rings is 1. The molecule has 2 nitrogen and oxygen atoms in total. The van der Waals surface area contributed by atoms with Crippen LogP contribution in [-0.2, 0) is 5.88 Å². The van der Waals surface area contributed by atoms with Gasteiger partial charge in [-0.15, -0.1) is 11.6 Å². The van der Waals surface area contributed by atoms with Gasteiger partial charge >= 0.3 is 0 Å². The van der Waals surface area contributed by atoms with Crippen LogP contribution in [-0.4, -0.2) is 4.98 Å². The maximum absolute atomic E-state index is 5.85. The van der Waals surface area contributed by atoms with Crippen molar-refractivity contribution in [3.8, 4) is 11.1 Å². The lowest BCUT2D eigenvalue weighted by Gasteiger charge is -2.07. The minimum absolute atomic E-state index is 0.442. The number of nitrogen functional groups attached to an aromatic ring is 1. The first kappa shape index (κ1) is 9.99. The molecule has 0 unspecified atom stereocenters. The summed E-state index contributed by atoms with van der Waals surface area (Å²) >= 11 is 5.85. The number of anilines is 1. The van der Waals surface area contributed by atoms with E-state index >= 15 is 0 Å². The van der Waals surface area contributed by atoms with Gasteiger partial charge in [-0.25, -0.2) is 4.98 Å². The Morgan fingerprint density at radius 1 is 1.20 bits per heavy atom. The molecule has 15 heavy (non-hydrogen) atoms. The molecule has 2 N–H and O–H groups in total. The highest BCUT2D eigenvalue weighted by atomic mass is 35.5. The summed E-state index contributed by atoms with van der Waals surface area (Å²) in [5.74, 6) is 0.958. The summed E-state index contributed by atoms with van der Waals surface area (Å²) in [4.78, 5) is 4.03. The second kappa shape index (κ2) is 4.32. The zero-order valence-corrected chi connectivity index (χ0v) is 8.91. The third-order valence-electron chi connectivity index (χ3n) is 2.24. The Hall–Kier alpha value is -1.54. The number of nitrogens with zero attached hydrogens (tertiary/aromatic N) is 1. The summed E-state index contributed by atoms with van der Waals surface area (Å²) in [5, 5.41) is 0. The number of halogens is 1. The smallest absolute Gasteiger partial charge is 0.123 e. The van der Waals surface area contributed by atoms with Crippen molar-refractivity contribution in [3.63, 3.8) is 0 Å². The summed E-state index contributed by atoms with van der Waals surface area (Å²) in [5.41, 5.74) is 8.83. The predicted molar refractivity (Wildman–Crippen MR) is 63.6 cm³/mol. The van der Waals surface area contributed by atoms with E-state index in [2.05, 4.69) is 4.98 Å². The van der Waals surface area contributed by atoms with E-state index in [1.165, 1.54) is 0 Å². The molecule has 0 aliphatic heterocycles. The molecule has 76 valence electrons. The van der Waals surface area contributed by atoms with Crippen molar-refractivity contribution in [2.75, 3.05) is 5.73 Å². The van der Waals surface area contributed by atoms with Crippen LogP contribution in [0.5, 0.6) is 0 Å². The fourth-order valence-corrected chi connectivity index (χ4v) is 1.71. The predicted octanol–water partition coefficient (Wildman–Crippen LogP) is 3.07. The van der Waals surface area contributed by atoms with E-state index in [9.17, 15) is 0 Å². The Kier molecular flexibility index (Phi) is 2.88. The van der Waals surface area contributed by atoms with Crippen molar-refractivity contribution in [2.45, 2.75) is 5.88 Å². The normalized spacial score (nSPS) is 10.2. The van der Waals surface area contributed by atoms with Crippen LogP contribution >= 0.6 is 11.6 Å². The minimum atomic E-state index is 0.442. The number of hydrogen-bond donors (Lipinski definition) is 1. The zero-order chi connectivity index (χ0) is 10.7. The summed E-state index contributed by atoms with van der Waals surface area (Å²) in [6, 6.07) is 11.9. The first-order chi connectivity index (χ1) is 7.31. The van der Waals surface area contributed by atoms with Crippen LogP contribution in [0.1, 0.15) is 5.56 Å². The topological polar surface area (TPSA) is 38.9 Å². The van der Waals surface area contributed by atoms with E-state index in [1.807, 2.05) is 36.4 Å². The average Bonchev–Trinajstić information content (AvgIpc) is 2.30. The molecule has 2 aromatic rings. The van der Waals surface area contributed by atoms with Crippen molar-refractivity contribution >= 4 is 17.4 Å². The van der Waals surface area contributed by atoms with Crippen LogP contribution in [0, 0.1) is 0 Å². The second-order valence-electron chi connectivity index (χ2n) is 3.27. The van der Waals surface area contributed by atoms with Gasteiger partial charge in [0.1, 0.15) is 5.82 Å². The van der Waals surface area contributed by atoms with Gasteiger partial charge in [0.2, 0.25) is 0 Å². The highest BCUT2D eigenvalue weighted by Crippen LogP contribution is 2.25. The first-order valence-electron chi connectivity index (χ1n) is 4.67. The van der Waals surface area contributed by atoms with E-state index < -0.39 is 0 Å². The fraction of sp³-hybridized carbons (Fsp3) is 0.0833. The molecule has 0 saturated carbocycles. The molecule has 0 radical (unpaired) electrons. The summed E-state index contributed by atoms with van der Waals surface area (Å²) < 4.78 is 0. The number of nitrogens with two attached hydrogens (primary N) is 1. The zero-order valence-electron chi connectivity index (χ0n) is 8.15. The standard InChI is InChI=1S/C12H11ClN2/c13-7-10-8-15-12(14)6-11(10)9-4-2-1-3-5-9/h1-6,8H,7H2,(H2,14,15). The number of aromatic nitrogens is 1. The number of hydrogen-bond acceptors (Lipinski definition) is 2. The molecule has 0 bridgehead atoms. The van der Waals surface area contributed by atoms with Crippen LogP contribution in [0.2, 0.25) is 0 Å². The molecule has 1 aromatic carbocycles. The van der Waals surface area contributed by atoms with Gasteiger partial charge < -0.3 is 5.73 Å². The summed E-state index contributed by atoms with van der Waals surface area (Å²) in [7, 11) is 0.